The quantitative estimate of drug-likeness (QED) is 0.732. The van der Waals surface area contributed by atoms with Crippen molar-refractivity contribution >= 4 is 11.8 Å². The Kier molecular flexibility index (Phi) is 5.64. The molecule has 0 aliphatic heterocycles. The van der Waals surface area contributed by atoms with Gasteiger partial charge in [-0.2, -0.15) is 11.8 Å². The standard InChI is InChI=1S/C11H17NOS/c1-2-14-7-5-11(13)8-10-4-3-6-12-9-10/h3-4,6,9,11,13H,2,5,7-8H2,1H3. The van der Waals surface area contributed by atoms with Crippen LogP contribution in [0.2, 0.25) is 0 Å². The van der Waals surface area contributed by atoms with Gasteiger partial charge in [0.2, 0.25) is 0 Å². The minimum Gasteiger partial charge on any atom is -0.393 e. The van der Waals surface area contributed by atoms with E-state index >= 15 is 0 Å². The first-order valence-electron chi connectivity index (χ1n) is 4.97. The number of nitrogens with zero attached hydrogens (tertiary/aromatic N) is 1. The first-order chi connectivity index (χ1) is 6.83. The lowest BCUT2D eigenvalue weighted by Gasteiger charge is -2.09. The fourth-order valence-electron chi connectivity index (χ4n) is 1.26. The molecule has 1 N–H and O–H groups in total. The van der Waals surface area contributed by atoms with Crippen LogP contribution in [0.3, 0.4) is 0 Å². The van der Waals surface area contributed by atoms with Crippen LogP contribution < -0.4 is 0 Å². The third-order valence-corrected chi connectivity index (χ3v) is 2.93. The average molecular weight is 211 g/mol. The number of aromatic nitrogens is 1. The molecule has 1 aromatic rings. The Balaban J connectivity index is 2.23. The van der Waals surface area contributed by atoms with Gasteiger partial charge >= 0.3 is 0 Å². The summed E-state index contributed by atoms with van der Waals surface area (Å²) in [6, 6.07) is 3.91. The largest absolute Gasteiger partial charge is 0.393 e. The monoisotopic (exact) mass is 211 g/mol. The Morgan fingerprint density at radius 3 is 3.07 bits per heavy atom. The van der Waals surface area contributed by atoms with Crippen molar-refractivity contribution in [3.63, 3.8) is 0 Å². The van der Waals surface area contributed by atoms with Gasteiger partial charge in [-0.1, -0.05) is 13.0 Å². The van der Waals surface area contributed by atoms with Crippen LogP contribution in [0, 0.1) is 0 Å². The smallest absolute Gasteiger partial charge is 0.0589 e. The molecule has 0 aliphatic carbocycles. The minimum atomic E-state index is -0.224. The van der Waals surface area contributed by atoms with Crippen LogP contribution in [0.5, 0.6) is 0 Å². The molecule has 0 bridgehead atoms. The molecular formula is C11H17NOS. The molecule has 0 aliphatic rings. The number of hydrogen-bond acceptors (Lipinski definition) is 3. The number of rotatable bonds is 6. The summed E-state index contributed by atoms with van der Waals surface area (Å²) in [7, 11) is 0. The molecule has 1 atom stereocenters. The van der Waals surface area contributed by atoms with Gasteiger partial charge in [0.05, 0.1) is 6.10 Å². The van der Waals surface area contributed by atoms with Gasteiger partial charge in [0, 0.05) is 12.4 Å². The van der Waals surface area contributed by atoms with E-state index in [-0.39, 0.29) is 6.10 Å². The summed E-state index contributed by atoms with van der Waals surface area (Å²) in [5.74, 6) is 2.16. The second kappa shape index (κ2) is 6.85. The molecule has 1 aromatic heterocycles. The van der Waals surface area contributed by atoms with E-state index in [0.29, 0.717) is 0 Å². The van der Waals surface area contributed by atoms with Gasteiger partial charge in [0.25, 0.3) is 0 Å². The highest BCUT2D eigenvalue weighted by Gasteiger charge is 2.04. The summed E-state index contributed by atoms with van der Waals surface area (Å²) in [5, 5.41) is 9.69. The molecule has 1 unspecified atom stereocenters. The fourth-order valence-corrected chi connectivity index (χ4v) is 1.98. The van der Waals surface area contributed by atoms with Crippen LogP contribution in [-0.4, -0.2) is 27.7 Å². The Morgan fingerprint density at radius 2 is 2.43 bits per heavy atom. The number of thioether (sulfide) groups is 1. The molecule has 2 nitrogen and oxygen atoms in total. The van der Waals surface area contributed by atoms with E-state index in [1.165, 1.54) is 0 Å². The number of pyridine rings is 1. The van der Waals surface area contributed by atoms with Gasteiger partial charge in [-0.05, 0) is 36.0 Å². The van der Waals surface area contributed by atoms with E-state index < -0.39 is 0 Å². The van der Waals surface area contributed by atoms with Gasteiger partial charge < -0.3 is 5.11 Å². The molecule has 0 amide bonds. The first-order valence-corrected chi connectivity index (χ1v) is 6.13. The zero-order valence-electron chi connectivity index (χ0n) is 8.52. The summed E-state index contributed by atoms with van der Waals surface area (Å²) in [5.41, 5.74) is 1.11. The van der Waals surface area contributed by atoms with Crippen LogP contribution in [-0.2, 0) is 6.42 Å². The van der Waals surface area contributed by atoms with Gasteiger partial charge in [-0.15, -0.1) is 0 Å². The number of hydrogen-bond donors (Lipinski definition) is 1. The summed E-state index contributed by atoms with van der Waals surface area (Å²) in [6.45, 7) is 2.14. The number of aliphatic hydroxyl groups is 1. The molecule has 0 aromatic carbocycles. The Labute approximate surface area is 89.8 Å². The van der Waals surface area contributed by atoms with E-state index in [0.717, 1.165) is 29.9 Å². The van der Waals surface area contributed by atoms with Crippen molar-refractivity contribution in [1.82, 2.24) is 4.98 Å². The van der Waals surface area contributed by atoms with Gasteiger partial charge in [0.15, 0.2) is 0 Å². The Morgan fingerprint density at radius 1 is 1.57 bits per heavy atom. The van der Waals surface area contributed by atoms with E-state index in [1.54, 1.807) is 6.20 Å². The molecule has 0 fully saturated rings. The average Bonchev–Trinajstić information content (AvgIpc) is 2.20. The van der Waals surface area contributed by atoms with E-state index in [9.17, 15) is 5.11 Å². The highest BCUT2D eigenvalue weighted by molar-refractivity contribution is 7.99. The zero-order valence-corrected chi connectivity index (χ0v) is 9.33. The van der Waals surface area contributed by atoms with Gasteiger partial charge in [-0.25, -0.2) is 0 Å². The third-order valence-electron chi connectivity index (χ3n) is 1.99. The summed E-state index contributed by atoms with van der Waals surface area (Å²) < 4.78 is 0. The lowest BCUT2D eigenvalue weighted by atomic mass is 10.1. The molecule has 0 saturated carbocycles. The second-order valence-electron chi connectivity index (χ2n) is 3.20. The van der Waals surface area contributed by atoms with Crippen molar-refractivity contribution in [2.24, 2.45) is 0 Å². The van der Waals surface area contributed by atoms with E-state index in [2.05, 4.69) is 11.9 Å². The van der Waals surface area contributed by atoms with Crippen molar-refractivity contribution in [2.75, 3.05) is 11.5 Å². The highest BCUT2D eigenvalue weighted by atomic mass is 32.2. The van der Waals surface area contributed by atoms with E-state index in [1.807, 2.05) is 30.1 Å². The summed E-state index contributed by atoms with van der Waals surface area (Å²) in [4.78, 5) is 4.02. The maximum atomic E-state index is 9.69. The van der Waals surface area contributed by atoms with Crippen molar-refractivity contribution < 1.29 is 5.11 Å². The molecule has 14 heavy (non-hydrogen) atoms. The fraction of sp³-hybridized carbons (Fsp3) is 0.545. The predicted octanol–water partition coefficient (Wildman–Crippen LogP) is 2.13. The Hall–Kier alpha value is -0.540. The highest BCUT2D eigenvalue weighted by Crippen LogP contribution is 2.08. The molecule has 1 rings (SSSR count). The van der Waals surface area contributed by atoms with Gasteiger partial charge in [-0.3, -0.25) is 4.98 Å². The SMILES string of the molecule is CCSCCC(O)Cc1cccnc1. The molecule has 3 heteroatoms. The molecule has 0 saturated heterocycles. The third kappa shape index (κ3) is 4.63. The molecular weight excluding hydrogens is 194 g/mol. The van der Waals surface area contributed by atoms with Crippen LogP contribution in [0.15, 0.2) is 24.5 Å². The van der Waals surface area contributed by atoms with E-state index in [4.69, 9.17) is 0 Å². The van der Waals surface area contributed by atoms with Crippen LogP contribution >= 0.6 is 11.8 Å². The van der Waals surface area contributed by atoms with Gasteiger partial charge in [0.1, 0.15) is 0 Å². The topological polar surface area (TPSA) is 33.1 Å². The molecule has 0 radical (unpaired) electrons. The van der Waals surface area contributed by atoms with Crippen molar-refractivity contribution in [2.45, 2.75) is 25.9 Å². The van der Waals surface area contributed by atoms with Crippen molar-refractivity contribution in [1.29, 1.82) is 0 Å². The first kappa shape index (κ1) is 11.5. The van der Waals surface area contributed by atoms with Crippen molar-refractivity contribution in [3.05, 3.63) is 30.1 Å². The summed E-state index contributed by atoms with van der Waals surface area (Å²) >= 11 is 1.87. The minimum absolute atomic E-state index is 0.224. The van der Waals surface area contributed by atoms with Crippen LogP contribution in [0.4, 0.5) is 0 Å². The zero-order chi connectivity index (χ0) is 10.2. The van der Waals surface area contributed by atoms with Crippen LogP contribution in [0.1, 0.15) is 18.9 Å². The maximum Gasteiger partial charge on any atom is 0.0589 e. The van der Waals surface area contributed by atoms with Crippen molar-refractivity contribution in [3.8, 4) is 0 Å². The normalized spacial score (nSPS) is 12.7. The van der Waals surface area contributed by atoms with Crippen LogP contribution in [0.25, 0.3) is 0 Å². The Bertz CT molecular complexity index is 240. The summed E-state index contributed by atoms with van der Waals surface area (Å²) in [6.07, 6.45) is 4.93. The number of aliphatic hydroxyl groups excluding tert-OH is 1. The maximum absolute atomic E-state index is 9.69. The predicted molar refractivity (Wildman–Crippen MR) is 61.6 cm³/mol. The lowest BCUT2D eigenvalue weighted by Crippen LogP contribution is -2.11. The molecule has 1 heterocycles. The second-order valence-corrected chi connectivity index (χ2v) is 4.60. The molecule has 78 valence electrons. The lowest BCUT2D eigenvalue weighted by molar-refractivity contribution is 0.172. The molecule has 0 spiro atoms.